The minimum absolute atomic E-state index is 0.337. The molecule has 0 bridgehead atoms. The van der Waals surface area contributed by atoms with E-state index in [1.807, 2.05) is 0 Å². The molecule has 0 radical (unpaired) electrons. The van der Waals surface area contributed by atoms with Gasteiger partial charge in [0.05, 0.1) is 12.6 Å². The van der Waals surface area contributed by atoms with E-state index in [2.05, 4.69) is 71.5 Å². The van der Waals surface area contributed by atoms with E-state index >= 15 is 0 Å². The summed E-state index contributed by atoms with van der Waals surface area (Å²) in [6, 6.07) is 17.7. The van der Waals surface area contributed by atoms with Crippen LogP contribution in [0.4, 0.5) is 0 Å². The maximum absolute atomic E-state index is 5.82. The molecule has 3 aromatic rings. The van der Waals surface area contributed by atoms with Gasteiger partial charge in [0.25, 0.3) is 0 Å². The maximum Gasteiger partial charge on any atom is 0.0663 e. The first-order chi connectivity index (χ1) is 11.9. The first kappa shape index (κ1) is 15.4. The Labute approximate surface area is 143 Å². The van der Waals surface area contributed by atoms with E-state index in [-0.39, 0.29) is 0 Å². The number of para-hydroxylation sites is 1. The molecule has 0 aliphatic carbocycles. The Balaban J connectivity index is 1.64. The van der Waals surface area contributed by atoms with E-state index in [4.69, 9.17) is 4.74 Å². The van der Waals surface area contributed by atoms with Crippen LogP contribution in [-0.2, 0) is 17.7 Å². The molecule has 3 heteroatoms. The summed E-state index contributed by atoms with van der Waals surface area (Å²) in [6.45, 7) is 5.62. The number of H-pyrrole nitrogens is 1. The van der Waals surface area contributed by atoms with Crippen molar-refractivity contribution in [2.75, 3.05) is 19.8 Å². The molecule has 124 valence electrons. The third-order valence-electron chi connectivity index (χ3n) is 5.05. The zero-order valence-corrected chi connectivity index (χ0v) is 14.2. The number of ether oxygens (including phenoxy) is 1. The highest BCUT2D eigenvalue weighted by Gasteiger charge is 2.27. The first-order valence-corrected chi connectivity index (χ1v) is 8.81. The Morgan fingerprint density at radius 1 is 1.12 bits per heavy atom. The lowest BCUT2D eigenvalue weighted by Crippen LogP contribution is -2.37. The SMILES string of the molecule is CCOC[C@H]1c2ccccc2CCN1Cc1c[nH]c2ccccc12. The largest absolute Gasteiger partial charge is 0.380 e. The quantitative estimate of drug-likeness (QED) is 0.759. The summed E-state index contributed by atoms with van der Waals surface area (Å²) in [5, 5.41) is 1.33. The van der Waals surface area contributed by atoms with Crippen LogP contribution >= 0.6 is 0 Å². The molecule has 0 spiro atoms. The molecule has 1 aliphatic heterocycles. The second-order valence-electron chi connectivity index (χ2n) is 6.45. The molecule has 0 fully saturated rings. The molecular weight excluding hydrogens is 296 g/mol. The number of fused-ring (bicyclic) bond motifs is 2. The summed E-state index contributed by atoms with van der Waals surface area (Å²) in [5.74, 6) is 0. The average molecular weight is 320 g/mol. The zero-order chi connectivity index (χ0) is 16.4. The number of hydrogen-bond donors (Lipinski definition) is 1. The maximum atomic E-state index is 5.82. The summed E-state index contributed by atoms with van der Waals surface area (Å²) in [7, 11) is 0. The lowest BCUT2D eigenvalue weighted by atomic mass is 9.92. The molecule has 0 amide bonds. The molecule has 0 saturated carbocycles. The van der Waals surface area contributed by atoms with Crippen LogP contribution in [0.5, 0.6) is 0 Å². The summed E-state index contributed by atoms with van der Waals surface area (Å²) in [4.78, 5) is 5.96. The van der Waals surface area contributed by atoms with Crippen molar-refractivity contribution in [1.82, 2.24) is 9.88 Å². The van der Waals surface area contributed by atoms with Gasteiger partial charge in [0.1, 0.15) is 0 Å². The molecule has 4 rings (SSSR count). The highest BCUT2D eigenvalue weighted by atomic mass is 16.5. The van der Waals surface area contributed by atoms with Gasteiger partial charge in [-0.25, -0.2) is 0 Å². The molecule has 2 heterocycles. The molecule has 0 saturated heterocycles. The minimum Gasteiger partial charge on any atom is -0.380 e. The van der Waals surface area contributed by atoms with E-state index in [9.17, 15) is 0 Å². The van der Waals surface area contributed by atoms with Crippen molar-refractivity contribution >= 4 is 10.9 Å². The van der Waals surface area contributed by atoms with E-state index < -0.39 is 0 Å². The molecule has 24 heavy (non-hydrogen) atoms. The van der Waals surface area contributed by atoms with Crippen molar-refractivity contribution in [2.24, 2.45) is 0 Å². The van der Waals surface area contributed by atoms with Gasteiger partial charge in [-0.05, 0) is 36.1 Å². The van der Waals surface area contributed by atoms with Gasteiger partial charge in [0.15, 0.2) is 0 Å². The predicted molar refractivity (Wildman–Crippen MR) is 98.1 cm³/mol. The van der Waals surface area contributed by atoms with Gasteiger partial charge in [0.2, 0.25) is 0 Å². The van der Waals surface area contributed by atoms with Gasteiger partial charge < -0.3 is 9.72 Å². The second kappa shape index (κ2) is 6.80. The van der Waals surface area contributed by atoms with Crippen LogP contribution < -0.4 is 0 Å². The monoisotopic (exact) mass is 320 g/mol. The standard InChI is InChI=1S/C21H24N2O/c1-2-24-15-21-19-9-4-3-7-16(19)11-12-23(21)14-17-13-22-20-10-6-5-8-18(17)20/h3-10,13,21-22H,2,11-12,14-15H2,1H3/t21-/m0/s1. The third-order valence-corrected chi connectivity index (χ3v) is 5.05. The number of nitrogens with zero attached hydrogens (tertiary/aromatic N) is 1. The lowest BCUT2D eigenvalue weighted by Gasteiger charge is -2.37. The average Bonchev–Trinajstić information content (AvgIpc) is 3.04. The number of nitrogens with one attached hydrogen (secondary N) is 1. The Hall–Kier alpha value is -2.10. The van der Waals surface area contributed by atoms with Crippen LogP contribution in [0.1, 0.15) is 29.7 Å². The normalized spacial score (nSPS) is 18.0. The lowest BCUT2D eigenvalue weighted by molar-refractivity contribution is 0.0559. The minimum atomic E-state index is 0.337. The topological polar surface area (TPSA) is 28.3 Å². The molecule has 3 nitrogen and oxygen atoms in total. The van der Waals surface area contributed by atoms with Crippen LogP contribution in [0, 0.1) is 0 Å². The number of rotatable bonds is 5. The highest BCUT2D eigenvalue weighted by Crippen LogP contribution is 2.32. The van der Waals surface area contributed by atoms with Gasteiger partial charge in [0, 0.05) is 36.8 Å². The Morgan fingerprint density at radius 2 is 1.96 bits per heavy atom. The van der Waals surface area contributed by atoms with Crippen molar-refractivity contribution in [3.05, 3.63) is 71.4 Å². The van der Waals surface area contributed by atoms with Crippen LogP contribution in [-0.4, -0.2) is 29.6 Å². The van der Waals surface area contributed by atoms with E-state index in [0.717, 1.165) is 32.7 Å². The summed E-state index contributed by atoms with van der Waals surface area (Å²) >= 11 is 0. The van der Waals surface area contributed by atoms with Crippen LogP contribution in [0.3, 0.4) is 0 Å². The van der Waals surface area contributed by atoms with Crippen molar-refractivity contribution < 1.29 is 4.74 Å². The molecule has 1 atom stereocenters. The number of aromatic amines is 1. The van der Waals surface area contributed by atoms with Gasteiger partial charge in [-0.2, -0.15) is 0 Å². The fourth-order valence-electron chi connectivity index (χ4n) is 3.80. The van der Waals surface area contributed by atoms with Crippen molar-refractivity contribution in [2.45, 2.75) is 25.9 Å². The van der Waals surface area contributed by atoms with Gasteiger partial charge in [-0.3, -0.25) is 4.90 Å². The van der Waals surface area contributed by atoms with Gasteiger partial charge >= 0.3 is 0 Å². The number of hydrogen-bond acceptors (Lipinski definition) is 2. The van der Waals surface area contributed by atoms with E-state index in [1.54, 1.807) is 0 Å². The Bertz CT molecular complexity index is 823. The first-order valence-electron chi connectivity index (χ1n) is 8.81. The highest BCUT2D eigenvalue weighted by molar-refractivity contribution is 5.82. The molecule has 1 aromatic heterocycles. The fourth-order valence-corrected chi connectivity index (χ4v) is 3.80. The summed E-state index contributed by atoms with van der Waals surface area (Å²) in [5.41, 5.74) is 5.48. The fraction of sp³-hybridized carbons (Fsp3) is 0.333. The zero-order valence-electron chi connectivity index (χ0n) is 14.2. The van der Waals surface area contributed by atoms with Gasteiger partial charge in [-0.1, -0.05) is 42.5 Å². The van der Waals surface area contributed by atoms with Crippen molar-refractivity contribution in [1.29, 1.82) is 0 Å². The van der Waals surface area contributed by atoms with Crippen molar-refractivity contribution in [3.63, 3.8) is 0 Å². The molecule has 2 aromatic carbocycles. The Morgan fingerprint density at radius 3 is 2.88 bits per heavy atom. The van der Waals surface area contributed by atoms with Crippen LogP contribution in [0.15, 0.2) is 54.7 Å². The molecule has 1 N–H and O–H groups in total. The third kappa shape index (κ3) is 2.85. The van der Waals surface area contributed by atoms with Crippen LogP contribution in [0.2, 0.25) is 0 Å². The second-order valence-corrected chi connectivity index (χ2v) is 6.45. The van der Waals surface area contributed by atoms with Crippen molar-refractivity contribution in [3.8, 4) is 0 Å². The smallest absolute Gasteiger partial charge is 0.0663 e. The predicted octanol–water partition coefficient (Wildman–Crippen LogP) is 4.30. The van der Waals surface area contributed by atoms with E-state index in [0.29, 0.717) is 6.04 Å². The molecular formula is C21H24N2O. The molecule has 0 unspecified atom stereocenters. The van der Waals surface area contributed by atoms with Crippen LogP contribution in [0.25, 0.3) is 10.9 Å². The Kier molecular flexibility index (Phi) is 4.37. The van der Waals surface area contributed by atoms with E-state index in [1.165, 1.54) is 27.6 Å². The summed E-state index contributed by atoms with van der Waals surface area (Å²) in [6.07, 6.45) is 3.27. The summed E-state index contributed by atoms with van der Waals surface area (Å²) < 4.78 is 5.82. The number of benzene rings is 2. The molecule has 1 aliphatic rings. The van der Waals surface area contributed by atoms with Gasteiger partial charge in [-0.15, -0.1) is 0 Å². The number of aromatic nitrogens is 1.